The molecule has 3 nitrogen and oxygen atoms in total. The third kappa shape index (κ3) is 4.92. The zero-order valence-electron chi connectivity index (χ0n) is 20.5. The Bertz CT molecular complexity index is 1210. The number of aromatic nitrogens is 1. The fourth-order valence-electron chi connectivity index (χ4n) is 5.40. The molecule has 0 aliphatic heterocycles. The fourth-order valence-corrected chi connectivity index (χ4v) is 6.36. The molecule has 0 bridgehead atoms. The standard InChI is InChI=1S/C30H34N2OS/c1-4-9-21-18-22(14-17-28(21)33-20(2)3)30-31-19-29(34-30)26-13-8-12-25-24(26)15-16-27(25)32-23-10-6-5-7-11-23/h8,12-14,17-20,23,27,32H,5-7,10-11,15-16H2,1-3H3. The quantitative estimate of drug-likeness (QED) is 0.378. The molecule has 2 aliphatic carbocycles. The van der Waals surface area contributed by atoms with Gasteiger partial charge in [0.2, 0.25) is 0 Å². The summed E-state index contributed by atoms with van der Waals surface area (Å²) in [6.07, 6.45) is 11.3. The van der Waals surface area contributed by atoms with E-state index in [-0.39, 0.29) is 6.10 Å². The van der Waals surface area contributed by atoms with Crippen molar-refractivity contribution in [1.29, 1.82) is 0 Å². The molecule has 1 atom stereocenters. The molecule has 1 saturated carbocycles. The first-order chi connectivity index (χ1) is 16.6. The van der Waals surface area contributed by atoms with E-state index in [0.29, 0.717) is 12.1 Å². The maximum atomic E-state index is 5.95. The Balaban J connectivity index is 1.40. The van der Waals surface area contributed by atoms with E-state index in [2.05, 4.69) is 47.5 Å². The van der Waals surface area contributed by atoms with Crippen LogP contribution in [0.5, 0.6) is 5.75 Å². The highest BCUT2D eigenvalue weighted by atomic mass is 32.1. The first kappa shape index (κ1) is 23.1. The number of rotatable bonds is 6. The van der Waals surface area contributed by atoms with Crippen LogP contribution in [0.2, 0.25) is 0 Å². The van der Waals surface area contributed by atoms with Gasteiger partial charge in [0.15, 0.2) is 0 Å². The Kier molecular flexibility index (Phi) is 7.04. The van der Waals surface area contributed by atoms with Gasteiger partial charge in [-0.25, -0.2) is 4.98 Å². The van der Waals surface area contributed by atoms with Crippen molar-refractivity contribution in [3.63, 3.8) is 0 Å². The number of hydrogen-bond donors (Lipinski definition) is 1. The molecule has 1 unspecified atom stereocenters. The molecular formula is C30H34N2OS. The van der Waals surface area contributed by atoms with Crippen LogP contribution >= 0.6 is 11.3 Å². The molecule has 5 rings (SSSR count). The van der Waals surface area contributed by atoms with Crippen molar-refractivity contribution in [2.24, 2.45) is 0 Å². The molecule has 34 heavy (non-hydrogen) atoms. The molecule has 1 aromatic heterocycles. The van der Waals surface area contributed by atoms with Crippen LogP contribution in [0.3, 0.4) is 0 Å². The lowest BCUT2D eigenvalue weighted by Gasteiger charge is -2.27. The third-order valence-electron chi connectivity index (χ3n) is 6.93. The average molecular weight is 471 g/mol. The van der Waals surface area contributed by atoms with Crippen LogP contribution in [0.1, 0.15) is 82.0 Å². The topological polar surface area (TPSA) is 34.2 Å². The largest absolute Gasteiger partial charge is 0.490 e. The van der Waals surface area contributed by atoms with Gasteiger partial charge in [-0.2, -0.15) is 0 Å². The fraction of sp³-hybridized carbons (Fsp3) is 0.433. The highest BCUT2D eigenvalue weighted by molar-refractivity contribution is 7.18. The minimum atomic E-state index is 0.117. The monoisotopic (exact) mass is 470 g/mol. The summed E-state index contributed by atoms with van der Waals surface area (Å²) in [5.41, 5.74) is 6.36. The first-order valence-electron chi connectivity index (χ1n) is 12.7. The second kappa shape index (κ2) is 10.3. The number of ether oxygens (including phenoxy) is 1. The van der Waals surface area contributed by atoms with Crippen LogP contribution in [-0.4, -0.2) is 17.1 Å². The van der Waals surface area contributed by atoms with Gasteiger partial charge in [-0.15, -0.1) is 17.3 Å². The van der Waals surface area contributed by atoms with Crippen molar-refractivity contribution in [1.82, 2.24) is 10.3 Å². The molecule has 2 aromatic carbocycles. The third-order valence-corrected chi connectivity index (χ3v) is 8.01. The number of benzene rings is 2. The number of fused-ring (bicyclic) bond motifs is 1. The molecule has 176 valence electrons. The Hall–Kier alpha value is -2.61. The van der Waals surface area contributed by atoms with Gasteiger partial charge in [-0.1, -0.05) is 43.4 Å². The molecule has 4 heteroatoms. The van der Waals surface area contributed by atoms with E-state index in [1.807, 2.05) is 33.0 Å². The second-order valence-corrected chi connectivity index (χ2v) is 10.8. The first-order valence-corrected chi connectivity index (χ1v) is 13.5. The van der Waals surface area contributed by atoms with E-state index >= 15 is 0 Å². The predicted molar refractivity (Wildman–Crippen MR) is 142 cm³/mol. The van der Waals surface area contributed by atoms with E-state index in [1.54, 1.807) is 11.3 Å². The minimum absolute atomic E-state index is 0.117. The predicted octanol–water partition coefficient (Wildman–Crippen LogP) is 7.55. The summed E-state index contributed by atoms with van der Waals surface area (Å²) in [6.45, 7) is 5.94. The van der Waals surface area contributed by atoms with Crippen molar-refractivity contribution in [2.45, 2.75) is 83.9 Å². The molecule has 2 aliphatic rings. The van der Waals surface area contributed by atoms with Gasteiger partial charge in [0.25, 0.3) is 0 Å². The van der Waals surface area contributed by atoms with Crippen molar-refractivity contribution in [3.8, 4) is 38.6 Å². The van der Waals surface area contributed by atoms with Gasteiger partial charge in [0.1, 0.15) is 10.8 Å². The van der Waals surface area contributed by atoms with E-state index < -0.39 is 0 Å². The van der Waals surface area contributed by atoms with Gasteiger partial charge in [-0.05, 0) is 81.3 Å². The number of hydrogen-bond acceptors (Lipinski definition) is 4. The van der Waals surface area contributed by atoms with Gasteiger partial charge >= 0.3 is 0 Å². The normalized spacial score (nSPS) is 17.9. The summed E-state index contributed by atoms with van der Waals surface area (Å²) >= 11 is 1.77. The number of nitrogens with one attached hydrogen (secondary N) is 1. The number of nitrogens with zero attached hydrogens (tertiary/aromatic N) is 1. The van der Waals surface area contributed by atoms with Crippen LogP contribution < -0.4 is 10.1 Å². The van der Waals surface area contributed by atoms with Crippen LogP contribution in [0, 0.1) is 11.8 Å². The minimum Gasteiger partial charge on any atom is -0.490 e. The summed E-state index contributed by atoms with van der Waals surface area (Å²) in [6, 6.07) is 14.2. The second-order valence-electron chi connectivity index (χ2n) is 9.75. The maximum absolute atomic E-state index is 5.95. The van der Waals surface area contributed by atoms with Gasteiger partial charge in [-0.3, -0.25) is 0 Å². The molecule has 0 saturated heterocycles. The molecule has 1 fully saturated rings. The van der Waals surface area contributed by atoms with Crippen LogP contribution in [-0.2, 0) is 6.42 Å². The number of thiazole rings is 1. The Morgan fingerprint density at radius 2 is 1.94 bits per heavy atom. The molecule has 1 heterocycles. The summed E-state index contributed by atoms with van der Waals surface area (Å²) in [4.78, 5) is 6.05. The molecule has 0 spiro atoms. The Labute approximate surface area is 208 Å². The SMILES string of the molecule is CC#Cc1cc(-c2ncc(-c3cccc4c3CCC4NC3CCCCC3)s2)ccc1OC(C)C. The lowest BCUT2D eigenvalue weighted by atomic mass is 9.94. The lowest BCUT2D eigenvalue weighted by molar-refractivity contribution is 0.242. The van der Waals surface area contributed by atoms with Crippen LogP contribution in [0.4, 0.5) is 0 Å². The highest BCUT2D eigenvalue weighted by Crippen LogP contribution is 2.41. The van der Waals surface area contributed by atoms with Crippen molar-refractivity contribution in [2.75, 3.05) is 0 Å². The highest BCUT2D eigenvalue weighted by Gasteiger charge is 2.28. The van der Waals surface area contributed by atoms with Gasteiger partial charge in [0, 0.05) is 23.8 Å². The maximum Gasteiger partial charge on any atom is 0.135 e. The van der Waals surface area contributed by atoms with Crippen LogP contribution in [0.15, 0.2) is 42.6 Å². The Morgan fingerprint density at radius 3 is 2.74 bits per heavy atom. The van der Waals surface area contributed by atoms with Crippen molar-refractivity contribution < 1.29 is 4.74 Å². The smallest absolute Gasteiger partial charge is 0.135 e. The van der Waals surface area contributed by atoms with Gasteiger partial charge < -0.3 is 10.1 Å². The van der Waals surface area contributed by atoms with E-state index in [1.165, 1.54) is 60.1 Å². The molecule has 0 radical (unpaired) electrons. The summed E-state index contributed by atoms with van der Waals surface area (Å²) < 4.78 is 5.95. The molecule has 0 amide bonds. The molecule has 3 aromatic rings. The molecule has 1 N–H and O–H groups in total. The van der Waals surface area contributed by atoms with Crippen molar-refractivity contribution in [3.05, 3.63) is 59.3 Å². The van der Waals surface area contributed by atoms with E-state index in [4.69, 9.17) is 9.72 Å². The molecular weight excluding hydrogens is 436 g/mol. The van der Waals surface area contributed by atoms with E-state index in [0.717, 1.165) is 28.3 Å². The van der Waals surface area contributed by atoms with Gasteiger partial charge in [0.05, 0.1) is 16.5 Å². The zero-order chi connectivity index (χ0) is 23.5. The summed E-state index contributed by atoms with van der Waals surface area (Å²) in [5.74, 6) is 7.05. The van der Waals surface area contributed by atoms with Crippen molar-refractivity contribution >= 4 is 11.3 Å². The Morgan fingerprint density at radius 1 is 1.09 bits per heavy atom. The lowest BCUT2D eigenvalue weighted by Crippen LogP contribution is -2.33. The van der Waals surface area contributed by atoms with Crippen LogP contribution in [0.25, 0.3) is 21.0 Å². The summed E-state index contributed by atoms with van der Waals surface area (Å²) in [7, 11) is 0. The zero-order valence-corrected chi connectivity index (χ0v) is 21.3. The average Bonchev–Trinajstić information content (AvgIpc) is 3.49. The summed E-state index contributed by atoms with van der Waals surface area (Å²) in [5, 5.41) is 5.01. The van der Waals surface area contributed by atoms with E-state index in [9.17, 15) is 0 Å².